The molecule has 0 heterocycles. The maximum Gasteiger partial charge on any atom is 0.311 e. The topological polar surface area (TPSA) is 52.6 Å². The number of carbonyl (C=O) groups excluding carboxylic acids is 2. The Hall–Kier alpha value is -1.55. The molecule has 1 aromatic carbocycles. The van der Waals surface area contributed by atoms with Crippen LogP contribution < -0.4 is 4.74 Å². The molecule has 0 spiro atoms. The van der Waals surface area contributed by atoms with Gasteiger partial charge in [-0.3, -0.25) is 9.59 Å². The number of benzene rings is 1. The fourth-order valence-corrected chi connectivity index (χ4v) is 1.54. The zero-order valence-corrected chi connectivity index (χ0v) is 11.6. The third kappa shape index (κ3) is 6.25. The Morgan fingerprint density at radius 2 is 1.84 bits per heavy atom. The Labute approximate surface area is 117 Å². The molecule has 0 saturated heterocycles. The minimum atomic E-state index is -0.406. The van der Waals surface area contributed by atoms with E-state index in [2.05, 4.69) is 0 Å². The summed E-state index contributed by atoms with van der Waals surface area (Å²) in [7, 11) is 0. The number of hydrogen-bond acceptors (Lipinski definition) is 4. The highest BCUT2D eigenvalue weighted by molar-refractivity contribution is 6.32. The van der Waals surface area contributed by atoms with Crippen LogP contribution in [-0.4, -0.2) is 18.5 Å². The molecule has 0 unspecified atom stereocenters. The van der Waals surface area contributed by atoms with E-state index in [9.17, 15) is 9.59 Å². The average Bonchev–Trinajstić information content (AvgIpc) is 2.39. The van der Waals surface area contributed by atoms with E-state index in [1.807, 2.05) is 6.92 Å². The van der Waals surface area contributed by atoms with Gasteiger partial charge in [0.1, 0.15) is 5.75 Å². The fourth-order valence-electron chi connectivity index (χ4n) is 1.37. The molecule has 0 bridgehead atoms. The van der Waals surface area contributed by atoms with Crippen molar-refractivity contribution in [2.45, 2.75) is 32.6 Å². The zero-order chi connectivity index (χ0) is 14.1. The van der Waals surface area contributed by atoms with Gasteiger partial charge in [0.15, 0.2) is 0 Å². The first-order valence-electron chi connectivity index (χ1n) is 6.24. The Bertz CT molecular complexity index is 431. The highest BCUT2D eigenvalue weighted by Gasteiger charge is 2.09. The van der Waals surface area contributed by atoms with Crippen LogP contribution in [-0.2, 0) is 14.3 Å². The standard InChI is InChI=1S/C14H17ClO4/c1-2-10-18-13(16)8-5-9-14(17)19-12-7-4-3-6-11(12)15/h3-4,6-7H,2,5,8-10H2,1H3. The van der Waals surface area contributed by atoms with E-state index in [1.165, 1.54) is 0 Å². The molecule has 5 heteroatoms. The van der Waals surface area contributed by atoms with Crippen LogP contribution in [0.4, 0.5) is 0 Å². The maximum absolute atomic E-state index is 11.5. The Balaban J connectivity index is 2.25. The summed E-state index contributed by atoms with van der Waals surface area (Å²) in [5, 5.41) is 0.387. The van der Waals surface area contributed by atoms with Crippen LogP contribution in [0, 0.1) is 0 Å². The van der Waals surface area contributed by atoms with Crippen LogP contribution in [0.5, 0.6) is 5.75 Å². The van der Waals surface area contributed by atoms with Gasteiger partial charge in [0, 0.05) is 12.8 Å². The fraction of sp³-hybridized carbons (Fsp3) is 0.429. The molecule has 1 aromatic rings. The summed E-state index contributed by atoms with van der Waals surface area (Å²) < 4.78 is 9.98. The second kappa shape index (κ2) is 8.53. The summed E-state index contributed by atoms with van der Waals surface area (Å²) in [6, 6.07) is 6.75. The molecule has 1 rings (SSSR count). The summed E-state index contributed by atoms with van der Waals surface area (Å²) >= 11 is 5.86. The smallest absolute Gasteiger partial charge is 0.311 e. The molecular weight excluding hydrogens is 268 g/mol. The van der Waals surface area contributed by atoms with Crippen molar-refractivity contribution in [3.8, 4) is 5.75 Å². The van der Waals surface area contributed by atoms with E-state index in [0.717, 1.165) is 6.42 Å². The third-order valence-electron chi connectivity index (χ3n) is 2.29. The van der Waals surface area contributed by atoms with Crippen LogP contribution in [0.25, 0.3) is 0 Å². The van der Waals surface area contributed by atoms with Gasteiger partial charge >= 0.3 is 11.9 Å². The molecule has 0 aliphatic rings. The SMILES string of the molecule is CCCOC(=O)CCCC(=O)Oc1ccccc1Cl. The van der Waals surface area contributed by atoms with E-state index in [1.54, 1.807) is 24.3 Å². The van der Waals surface area contributed by atoms with Gasteiger partial charge in [-0.1, -0.05) is 30.7 Å². The van der Waals surface area contributed by atoms with Crippen molar-refractivity contribution >= 4 is 23.5 Å². The Morgan fingerprint density at radius 3 is 2.53 bits per heavy atom. The predicted molar refractivity (Wildman–Crippen MR) is 72.2 cm³/mol. The predicted octanol–water partition coefficient (Wildman–Crippen LogP) is 3.37. The lowest BCUT2D eigenvalue weighted by Gasteiger charge is -2.06. The van der Waals surface area contributed by atoms with Gasteiger partial charge in [-0.2, -0.15) is 0 Å². The van der Waals surface area contributed by atoms with Crippen molar-refractivity contribution in [3.05, 3.63) is 29.3 Å². The van der Waals surface area contributed by atoms with Gasteiger partial charge in [-0.15, -0.1) is 0 Å². The molecule has 0 fully saturated rings. The van der Waals surface area contributed by atoms with E-state index in [4.69, 9.17) is 21.1 Å². The van der Waals surface area contributed by atoms with Gasteiger partial charge in [0.25, 0.3) is 0 Å². The zero-order valence-electron chi connectivity index (χ0n) is 10.9. The number of rotatable bonds is 7. The van der Waals surface area contributed by atoms with Gasteiger partial charge in [-0.25, -0.2) is 0 Å². The largest absolute Gasteiger partial charge is 0.466 e. The van der Waals surface area contributed by atoms with Crippen LogP contribution in [0.15, 0.2) is 24.3 Å². The monoisotopic (exact) mass is 284 g/mol. The molecule has 104 valence electrons. The number of esters is 2. The highest BCUT2D eigenvalue weighted by atomic mass is 35.5. The van der Waals surface area contributed by atoms with Crippen molar-refractivity contribution in [1.29, 1.82) is 0 Å². The van der Waals surface area contributed by atoms with Crippen molar-refractivity contribution in [2.24, 2.45) is 0 Å². The van der Waals surface area contributed by atoms with E-state index in [0.29, 0.717) is 23.8 Å². The summed E-state index contributed by atoms with van der Waals surface area (Å²) in [5.74, 6) is -0.355. The lowest BCUT2D eigenvalue weighted by atomic mass is 10.2. The number of para-hydroxylation sites is 1. The molecule has 0 amide bonds. The van der Waals surface area contributed by atoms with Crippen LogP contribution in [0.3, 0.4) is 0 Å². The Kier molecular flexibility index (Phi) is 6.97. The lowest BCUT2D eigenvalue weighted by molar-refractivity contribution is -0.144. The van der Waals surface area contributed by atoms with Crippen molar-refractivity contribution < 1.29 is 19.1 Å². The molecule has 4 nitrogen and oxygen atoms in total. The molecule has 0 aliphatic heterocycles. The van der Waals surface area contributed by atoms with Gasteiger partial charge in [-0.05, 0) is 25.0 Å². The normalized spacial score (nSPS) is 10.0. The second-order valence-electron chi connectivity index (χ2n) is 3.98. The van der Waals surface area contributed by atoms with E-state index >= 15 is 0 Å². The lowest BCUT2D eigenvalue weighted by Crippen LogP contribution is -2.10. The van der Waals surface area contributed by atoms with Crippen LogP contribution >= 0.6 is 11.6 Å². The quantitative estimate of drug-likeness (QED) is 0.569. The number of ether oxygens (including phenoxy) is 2. The number of halogens is 1. The van der Waals surface area contributed by atoms with Crippen LogP contribution in [0.1, 0.15) is 32.6 Å². The first-order valence-corrected chi connectivity index (χ1v) is 6.62. The maximum atomic E-state index is 11.5. The third-order valence-corrected chi connectivity index (χ3v) is 2.60. The van der Waals surface area contributed by atoms with Gasteiger partial charge in [0.05, 0.1) is 11.6 Å². The summed E-state index contributed by atoms with van der Waals surface area (Å²) in [5.41, 5.74) is 0. The van der Waals surface area contributed by atoms with Crippen molar-refractivity contribution in [1.82, 2.24) is 0 Å². The summed E-state index contributed by atoms with van der Waals surface area (Å²) in [6.07, 6.45) is 1.58. The molecule has 0 N–H and O–H groups in total. The van der Waals surface area contributed by atoms with Crippen molar-refractivity contribution in [2.75, 3.05) is 6.61 Å². The molecule has 19 heavy (non-hydrogen) atoms. The Morgan fingerprint density at radius 1 is 1.16 bits per heavy atom. The molecule has 0 saturated carbocycles. The molecule has 0 aromatic heterocycles. The average molecular weight is 285 g/mol. The summed E-state index contributed by atoms with van der Waals surface area (Å²) in [4.78, 5) is 22.7. The van der Waals surface area contributed by atoms with Gasteiger partial charge in [0.2, 0.25) is 0 Å². The van der Waals surface area contributed by atoms with E-state index in [-0.39, 0.29) is 18.8 Å². The molecule has 0 aliphatic carbocycles. The molecular formula is C14H17ClO4. The first kappa shape index (κ1) is 15.5. The minimum Gasteiger partial charge on any atom is -0.466 e. The number of hydrogen-bond donors (Lipinski definition) is 0. The molecule has 0 atom stereocenters. The summed E-state index contributed by atoms with van der Waals surface area (Å²) in [6.45, 7) is 2.34. The first-order chi connectivity index (χ1) is 9.13. The minimum absolute atomic E-state index is 0.159. The second-order valence-corrected chi connectivity index (χ2v) is 4.39. The van der Waals surface area contributed by atoms with Crippen molar-refractivity contribution in [3.63, 3.8) is 0 Å². The number of carbonyl (C=O) groups is 2. The molecule has 0 radical (unpaired) electrons. The van der Waals surface area contributed by atoms with E-state index < -0.39 is 5.97 Å². The van der Waals surface area contributed by atoms with Gasteiger partial charge < -0.3 is 9.47 Å². The van der Waals surface area contributed by atoms with Crippen LogP contribution in [0.2, 0.25) is 5.02 Å². The highest BCUT2D eigenvalue weighted by Crippen LogP contribution is 2.23.